The van der Waals surface area contributed by atoms with Crippen molar-refractivity contribution in [1.82, 2.24) is 4.98 Å². The van der Waals surface area contributed by atoms with Crippen LogP contribution >= 0.6 is 0 Å². The molecule has 3 rings (SSSR count). The molecule has 6 nitrogen and oxygen atoms in total. The van der Waals surface area contributed by atoms with Crippen LogP contribution in [0, 0.1) is 0 Å². The molecule has 1 aromatic heterocycles. The molecule has 0 bridgehead atoms. The molecular formula is C20H18N2O4. The number of hydrogen-bond acceptors (Lipinski definition) is 4. The predicted octanol–water partition coefficient (Wildman–Crippen LogP) is 3.73. The van der Waals surface area contributed by atoms with Gasteiger partial charge in [-0.15, -0.1) is 0 Å². The van der Waals surface area contributed by atoms with Gasteiger partial charge in [-0.25, -0.2) is 4.79 Å². The number of para-hydroxylation sites is 1. The van der Waals surface area contributed by atoms with E-state index in [9.17, 15) is 9.59 Å². The van der Waals surface area contributed by atoms with Crippen molar-refractivity contribution in [3.63, 3.8) is 0 Å². The van der Waals surface area contributed by atoms with Gasteiger partial charge in [-0.1, -0.05) is 18.2 Å². The highest BCUT2D eigenvalue weighted by molar-refractivity contribution is 6.12. The Morgan fingerprint density at radius 2 is 1.73 bits per heavy atom. The molecule has 0 atom stereocenters. The van der Waals surface area contributed by atoms with Crippen LogP contribution in [0.2, 0.25) is 0 Å². The summed E-state index contributed by atoms with van der Waals surface area (Å²) >= 11 is 0. The zero-order valence-corrected chi connectivity index (χ0v) is 14.4. The number of carbonyl (C=O) groups excluding carboxylic acids is 1. The number of carboxylic acid groups (broad SMARTS) is 1. The average Bonchev–Trinajstić information content (AvgIpc) is 2.62. The maximum atomic E-state index is 12.6. The highest BCUT2D eigenvalue weighted by atomic mass is 16.5. The second-order valence-electron chi connectivity index (χ2n) is 6.27. The molecule has 1 heterocycles. The van der Waals surface area contributed by atoms with Crippen LogP contribution in [-0.4, -0.2) is 27.6 Å². The second kappa shape index (κ2) is 6.84. The summed E-state index contributed by atoms with van der Waals surface area (Å²) in [6, 6.07) is 15.7. The molecule has 1 amide bonds. The van der Waals surface area contributed by atoms with Crippen molar-refractivity contribution in [2.45, 2.75) is 19.4 Å². The Bertz CT molecular complexity index is 960. The monoisotopic (exact) mass is 350 g/mol. The fourth-order valence-electron chi connectivity index (χ4n) is 2.44. The second-order valence-corrected chi connectivity index (χ2v) is 6.27. The molecule has 3 aromatic rings. The zero-order chi connectivity index (χ0) is 18.7. The number of aliphatic carboxylic acids is 1. The molecule has 26 heavy (non-hydrogen) atoms. The molecule has 0 aliphatic carbocycles. The van der Waals surface area contributed by atoms with Gasteiger partial charge in [-0.3, -0.25) is 9.78 Å². The maximum Gasteiger partial charge on any atom is 0.347 e. The molecule has 0 aliphatic heterocycles. The van der Waals surface area contributed by atoms with Gasteiger partial charge in [-0.2, -0.15) is 0 Å². The van der Waals surface area contributed by atoms with E-state index in [1.54, 1.807) is 36.5 Å². The Morgan fingerprint density at radius 3 is 2.42 bits per heavy atom. The molecule has 0 spiro atoms. The Kier molecular flexibility index (Phi) is 4.58. The lowest BCUT2D eigenvalue weighted by Gasteiger charge is -2.21. The van der Waals surface area contributed by atoms with Crippen LogP contribution in [0.5, 0.6) is 5.75 Å². The summed E-state index contributed by atoms with van der Waals surface area (Å²) in [6.45, 7) is 2.94. The number of rotatable bonds is 5. The van der Waals surface area contributed by atoms with E-state index >= 15 is 0 Å². The number of anilines is 1. The van der Waals surface area contributed by atoms with Crippen LogP contribution in [0.3, 0.4) is 0 Å². The van der Waals surface area contributed by atoms with E-state index in [-0.39, 0.29) is 5.91 Å². The van der Waals surface area contributed by atoms with Gasteiger partial charge in [-0.05, 0) is 50.2 Å². The largest absolute Gasteiger partial charge is 0.478 e. The van der Waals surface area contributed by atoms with E-state index in [1.165, 1.54) is 13.8 Å². The lowest BCUT2D eigenvalue weighted by atomic mass is 10.1. The van der Waals surface area contributed by atoms with Crippen LogP contribution in [0.25, 0.3) is 10.9 Å². The van der Waals surface area contributed by atoms with Crippen LogP contribution in [0.1, 0.15) is 24.2 Å². The minimum Gasteiger partial charge on any atom is -0.478 e. The first-order chi connectivity index (χ1) is 12.4. The van der Waals surface area contributed by atoms with E-state index in [2.05, 4.69) is 10.3 Å². The van der Waals surface area contributed by atoms with Crippen molar-refractivity contribution in [2.24, 2.45) is 0 Å². The van der Waals surface area contributed by atoms with Crippen molar-refractivity contribution in [3.8, 4) is 5.75 Å². The number of nitrogens with zero attached hydrogens (tertiary/aromatic N) is 1. The zero-order valence-electron chi connectivity index (χ0n) is 14.4. The molecule has 132 valence electrons. The average molecular weight is 350 g/mol. The lowest BCUT2D eigenvalue weighted by Crippen LogP contribution is -2.37. The number of ether oxygens (including phenoxy) is 1. The molecule has 0 aliphatic rings. The molecule has 2 aromatic carbocycles. The van der Waals surface area contributed by atoms with Gasteiger partial charge in [0.1, 0.15) is 5.75 Å². The first kappa shape index (κ1) is 17.4. The van der Waals surface area contributed by atoms with Gasteiger partial charge < -0.3 is 15.2 Å². The third-order valence-electron chi connectivity index (χ3n) is 3.89. The Labute approximate surface area is 150 Å². The smallest absolute Gasteiger partial charge is 0.347 e. The quantitative estimate of drug-likeness (QED) is 0.732. The first-order valence-corrected chi connectivity index (χ1v) is 8.04. The minimum absolute atomic E-state index is 0.247. The van der Waals surface area contributed by atoms with Gasteiger partial charge in [0, 0.05) is 17.3 Å². The molecule has 0 saturated heterocycles. The highest BCUT2D eigenvalue weighted by Crippen LogP contribution is 2.22. The van der Waals surface area contributed by atoms with E-state index < -0.39 is 11.6 Å². The topological polar surface area (TPSA) is 88.5 Å². The highest BCUT2D eigenvalue weighted by Gasteiger charge is 2.29. The third-order valence-corrected chi connectivity index (χ3v) is 3.89. The number of fused-ring (bicyclic) bond motifs is 1. The predicted molar refractivity (Wildman–Crippen MR) is 98.5 cm³/mol. The Balaban J connectivity index is 1.77. The van der Waals surface area contributed by atoms with Crippen molar-refractivity contribution < 1.29 is 19.4 Å². The number of pyridine rings is 1. The van der Waals surface area contributed by atoms with Gasteiger partial charge in [0.05, 0.1) is 11.1 Å². The lowest BCUT2D eigenvalue weighted by molar-refractivity contribution is -0.152. The molecule has 2 N–H and O–H groups in total. The van der Waals surface area contributed by atoms with Crippen LogP contribution in [-0.2, 0) is 4.79 Å². The Hall–Kier alpha value is -3.41. The molecule has 6 heteroatoms. The summed E-state index contributed by atoms with van der Waals surface area (Å²) < 4.78 is 5.45. The summed E-state index contributed by atoms with van der Waals surface area (Å²) in [6.07, 6.45) is 1.60. The molecule has 0 saturated carbocycles. The number of amides is 1. The normalized spacial score (nSPS) is 11.2. The summed E-state index contributed by atoms with van der Waals surface area (Å²) in [5, 5.41) is 12.7. The number of benzene rings is 2. The minimum atomic E-state index is -1.33. The molecular weight excluding hydrogens is 332 g/mol. The summed E-state index contributed by atoms with van der Waals surface area (Å²) in [5.41, 5.74) is 0.528. The number of aromatic nitrogens is 1. The number of hydrogen-bond donors (Lipinski definition) is 2. The Morgan fingerprint density at radius 1 is 1.04 bits per heavy atom. The van der Waals surface area contributed by atoms with E-state index in [0.717, 1.165) is 10.9 Å². The molecule has 0 unspecified atom stereocenters. The number of carboxylic acids is 1. The summed E-state index contributed by atoms with van der Waals surface area (Å²) in [5.74, 6) is -0.896. The SMILES string of the molecule is CC(C)(Oc1ccc(NC(=O)c2ccnc3ccccc23)cc1)C(=O)O. The summed E-state index contributed by atoms with van der Waals surface area (Å²) in [7, 11) is 0. The molecule has 0 radical (unpaired) electrons. The van der Waals surface area contributed by atoms with Crippen molar-refractivity contribution in [2.75, 3.05) is 5.32 Å². The van der Waals surface area contributed by atoms with Gasteiger partial charge in [0.2, 0.25) is 0 Å². The van der Waals surface area contributed by atoms with Crippen molar-refractivity contribution in [1.29, 1.82) is 0 Å². The maximum absolute atomic E-state index is 12.6. The van der Waals surface area contributed by atoms with Gasteiger partial charge >= 0.3 is 5.97 Å². The van der Waals surface area contributed by atoms with Crippen molar-refractivity contribution in [3.05, 3.63) is 66.4 Å². The van der Waals surface area contributed by atoms with E-state index in [0.29, 0.717) is 17.0 Å². The van der Waals surface area contributed by atoms with Crippen LogP contribution in [0.15, 0.2) is 60.8 Å². The standard InChI is InChI=1S/C20H18N2O4/c1-20(2,19(24)25)26-14-9-7-13(8-10-14)22-18(23)16-11-12-21-17-6-4-3-5-15(16)17/h3-12H,1-2H3,(H,22,23)(H,24,25). The summed E-state index contributed by atoms with van der Waals surface area (Å²) in [4.78, 5) is 27.9. The first-order valence-electron chi connectivity index (χ1n) is 8.04. The molecule has 0 fully saturated rings. The fraction of sp³-hybridized carbons (Fsp3) is 0.150. The van der Waals surface area contributed by atoms with Crippen LogP contribution < -0.4 is 10.1 Å². The van der Waals surface area contributed by atoms with E-state index in [1.807, 2.05) is 24.3 Å². The fourth-order valence-corrected chi connectivity index (χ4v) is 2.44. The van der Waals surface area contributed by atoms with Crippen molar-refractivity contribution >= 4 is 28.5 Å². The third kappa shape index (κ3) is 3.64. The van der Waals surface area contributed by atoms with E-state index in [4.69, 9.17) is 9.84 Å². The number of nitrogens with one attached hydrogen (secondary N) is 1. The number of carbonyl (C=O) groups is 2. The van der Waals surface area contributed by atoms with Gasteiger partial charge in [0.25, 0.3) is 5.91 Å². The van der Waals surface area contributed by atoms with Gasteiger partial charge in [0.15, 0.2) is 5.60 Å². The van der Waals surface area contributed by atoms with Crippen LogP contribution in [0.4, 0.5) is 5.69 Å².